The standard InChI is InChI=1S/C13H22N4O/c1-14-11-8-18-7-10(11)13-15-12(16-17-13)9-5-3-2-4-6-9/h9-11,14H,2-8H2,1H3,(H,15,16,17). The first-order valence-corrected chi connectivity index (χ1v) is 7.05. The molecule has 5 nitrogen and oxygen atoms in total. The molecule has 0 amide bonds. The highest BCUT2D eigenvalue weighted by molar-refractivity contribution is 5.07. The Bertz CT molecular complexity index is 386. The molecule has 0 radical (unpaired) electrons. The number of H-pyrrole nitrogens is 1. The number of aromatic amines is 1. The van der Waals surface area contributed by atoms with Gasteiger partial charge in [0.05, 0.1) is 19.1 Å². The molecule has 0 spiro atoms. The van der Waals surface area contributed by atoms with E-state index < -0.39 is 0 Å². The second-order valence-corrected chi connectivity index (χ2v) is 5.45. The minimum atomic E-state index is 0.319. The van der Waals surface area contributed by atoms with Crippen LogP contribution in [0.5, 0.6) is 0 Å². The van der Waals surface area contributed by atoms with Crippen LogP contribution in [0.15, 0.2) is 0 Å². The molecule has 18 heavy (non-hydrogen) atoms. The second kappa shape index (κ2) is 5.36. The summed E-state index contributed by atoms with van der Waals surface area (Å²) in [5.74, 6) is 2.90. The van der Waals surface area contributed by atoms with Crippen molar-refractivity contribution in [2.45, 2.75) is 50.0 Å². The molecule has 1 saturated heterocycles. The number of ether oxygens (including phenoxy) is 1. The maximum absolute atomic E-state index is 5.52. The van der Waals surface area contributed by atoms with E-state index in [2.05, 4.69) is 15.5 Å². The van der Waals surface area contributed by atoms with Gasteiger partial charge in [-0.15, -0.1) is 0 Å². The van der Waals surface area contributed by atoms with Crippen molar-refractivity contribution in [3.8, 4) is 0 Å². The fourth-order valence-electron chi connectivity index (χ4n) is 3.11. The van der Waals surface area contributed by atoms with Crippen LogP contribution in [0.3, 0.4) is 0 Å². The lowest BCUT2D eigenvalue weighted by Crippen LogP contribution is -2.31. The first kappa shape index (κ1) is 12.1. The van der Waals surface area contributed by atoms with Crippen molar-refractivity contribution in [3.05, 3.63) is 11.6 Å². The molecule has 1 saturated carbocycles. The van der Waals surface area contributed by atoms with Crippen LogP contribution in [0, 0.1) is 0 Å². The highest BCUT2D eigenvalue weighted by atomic mass is 16.5. The van der Waals surface area contributed by atoms with Crippen LogP contribution in [0.25, 0.3) is 0 Å². The van der Waals surface area contributed by atoms with Crippen molar-refractivity contribution < 1.29 is 4.74 Å². The highest BCUT2D eigenvalue weighted by Crippen LogP contribution is 2.31. The molecular formula is C13H22N4O. The zero-order valence-electron chi connectivity index (χ0n) is 11.0. The van der Waals surface area contributed by atoms with Gasteiger partial charge in [0.25, 0.3) is 0 Å². The quantitative estimate of drug-likeness (QED) is 0.854. The number of hydrogen-bond donors (Lipinski definition) is 2. The van der Waals surface area contributed by atoms with Crippen molar-refractivity contribution in [2.24, 2.45) is 0 Å². The molecule has 2 unspecified atom stereocenters. The van der Waals surface area contributed by atoms with Crippen LogP contribution in [-0.2, 0) is 4.74 Å². The van der Waals surface area contributed by atoms with Gasteiger partial charge in [-0.05, 0) is 19.9 Å². The van der Waals surface area contributed by atoms with E-state index in [0.717, 1.165) is 24.9 Å². The molecule has 1 aromatic rings. The zero-order valence-corrected chi connectivity index (χ0v) is 11.0. The van der Waals surface area contributed by atoms with Gasteiger partial charge in [-0.25, -0.2) is 4.98 Å². The average molecular weight is 250 g/mol. The summed E-state index contributed by atoms with van der Waals surface area (Å²) in [5.41, 5.74) is 0. The number of aromatic nitrogens is 3. The second-order valence-electron chi connectivity index (χ2n) is 5.45. The molecule has 2 heterocycles. The Labute approximate surface area is 108 Å². The Balaban J connectivity index is 1.72. The van der Waals surface area contributed by atoms with E-state index in [-0.39, 0.29) is 0 Å². The van der Waals surface area contributed by atoms with Gasteiger partial charge in [-0.3, -0.25) is 5.10 Å². The molecule has 2 atom stereocenters. The molecular weight excluding hydrogens is 228 g/mol. The SMILES string of the molecule is CNC1COCC1c1nc(C2CCCCC2)n[nH]1. The van der Waals surface area contributed by atoms with E-state index >= 15 is 0 Å². The Morgan fingerprint density at radius 3 is 2.83 bits per heavy atom. The van der Waals surface area contributed by atoms with Crippen LogP contribution in [0.2, 0.25) is 0 Å². The van der Waals surface area contributed by atoms with Gasteiger partial charge in [0.2, 0.25) is 0 Å². The van der Waals surface area contributed by atoms with E-state index in [9.17, 15) is 0 Å². The van der Waals surface area contributed by atoms with E-state index in [4.69, 9.17) is 9.72 Å². The molecule has 0 bridgehead atoms. The van der Waals surface area contributed by atoms with E-state index in [1.165, 1.54) is 32.1 Å². The van der Waals surface area contributed by atoms with Crippen LogP contribution in [0.4, 0.5) is 0 Å². The molecule has 0 aromatic carbocycles. The van der Waals surface area contributed by atoms with Crippen LogP contribution < -0.4 is 5.32 Å². The molecule has 2 fully saturated rings. The monoisotopic (exact) mass is 250 g/mol. The van der Waals surface area contributed by atoms with Crippen molar-refractivity contribution in [1.29, 1.82) is 0 Å². The molecule has 2 aliphatic rings. The largest absolute Gasteiger partial charge is 0.379 e. The summed E-state index contributed by atoms with van der Waals surface area (Å²) < 4.78 is 5.52. The summed E-state index contributed by atoms with van der Waals surface area (Å²) in [4.78, 5) is 4.73. The van der Waals surface area contributed by atoms with Crippen molar-refractivity contribution in [2.75, 3.05) is 20.3 Å². The highest BCUT2D eigenvalue weighted by Gasteiger charge is 2.31. The lowest BCUT2D eigenvalue weighted by molar-refractivity contribution is 0.188. The molecule has 3 rings (SSSR count). The van der Waals surface area contributed by atoms with Crippen LogP contribution in [-0.4, -0.2) is 41.5 Å². The number of rotatable bonds is 3. The normalized spacial score (nSPS) is 29.8. The predicted octanol–water partition coefficient (Wildman–Crippen LogP) is 1.55. The van der Waals surface area contributed by atoms with Gasteiger partial charge in [0, 0.05) is 12.0 Å². The summed E-state index contributed by atoms with van der Waals surface area (Å²) in [6.45, 7) is 1.51. The maximum atomic E-state index is 5.52. The minimum absolute atomic E-state index is 0.319. The number of likely N-dealkylation sites (N-methyl/N-ethyl adjacent to an activating group) is 1. The summed E-state index contributed by atoms with van der Waals surface area (Å²) in [6, 6.07) is 0.358. The summed E-state index contributed by atoms with van der Waals surface area (Å²) in [7, 11) is 1.98. The Kier molecular flexibility index (Phi) is 3.61. The van der Waals surface area contributed by atoms with E-state index in [1.807, 2.05) is 7.05 Å². The summed E-state index contributed by atoms with van der Waals surface area (Å²) in [6.07, 6.45) is 6.49. The van der Waals surface area contributed by atoms with Gasteiger partial charge in [-0.1, -0.05) is 19.3 Å². The molecule has 2 N–H and O–H groups in total. The van der Waals surface area contributed by atoms with Gasteiger partial charge < -0.3 is 10.1 Å². The molecule has 5 heteroatoms. The summed E-state index contributed by atoms with van der Waals surface area (Å²) >= 11 is 0. The number of nitrogens with one attached hydrogen (secondary N) is 2. The molecule has 1 aromatic heterocycles. The third-order valence-electron chi connectivity index (χ3n) is 4.29. The Morgan fingerprint density at radius 2 is 2.06 bits per heavy atom. The van der Waals surface area contributed by atoms with Gasteiger partial charge in [-0.2, -0.15) is 5.10 Å². The molecule has 1 aliphatic carbocycles. The molecule has 1 aliphatic heterocycles. The Hall–Kier alpha value is -0.940. The van der Waals surface area contributed by atoms with Crippen molar-refractivity contribution in [1.82, 2.24) is 20.5 Å². The van der Waals surface area contributed by atoms with E-state index in [1.54, 1.807) is 0 Å². The smallest absolute Gasteiger partial charge is 0.153 e. The van der Waals surface area contributed by atoms with Gasteiger partial charge in [0.1, 0.15) is 5.82 Å². The Morgan fingerprint density at radius 1 is 1.22 bits per heavy atom. The van der Waals surface area contributed by atoms with Gasteiger partial charge >= 0.3 is 0 Å². The predicted molar refractivity (Wildman–Crippen MR) is 68.6 cm³/mol. The third kappa shape index (κ3) is 2.29. The van der Waals surface area contributed by atoms with Crippen molar-refractivity contribution >= 4 is 0 Å². The minimum Gasteiger partial charge on any atom is -0.379 e. The lowest BCUT2D eigenvalue weighted by Gasteiger charge is -2.18. The number of hydrogen-bond acceptors (Lipinski definition) is 4. The van der Waals surface area contributed by atoms with Crippen LogP contribution >= 0.6 is 0 Å². The topological polar surface area (TPSA) is 62.8 Å². The third-order valence-corrected chi connectivity index (χ3v) is 4.29. The average Bonchev–Trinajstić information content (AvgIpc) is 3.08. The van der Waals surface area contributed by atoms with E-state index in [0.29, 0.717) is 17.9 Å². The zero-order chi connectivity index (χ0) is 12.4. The van der Waals surface area contributed by atoms with Crippen LogP contribution in [0.1, 0.15) is 55.6 Å². The maximum Gasteiger partial charge on any atom is 0.153 e. The first-order chi connectivity index (χ1) is 8.88. The summed E-state index contributed by atoms with van der Waals surface area (Å²) in [5, 5.41) is 10.9. The fraction of sp³-hybridized carbons (Fsp3) is 0.846. The lowest BCUT2D eigenvalue weighted by atomic mass is 9.89. The van der Waals surface area contributed by atoms with Crippen molar-refractivity contribution in [3.63, 3.8) is 0 Å². The fourth-order valence-corrected chi connectivity index (χ4v) is 3.11. The first-order valence-electron chi connectivity index (χ1n) is 7.05. The van der Waals surface area contributed by atoms with Gasteiger partial charge in [0.15, 0.2) is 5.82 Å². The number of nitrogens with zero attached hydrogens (tertiary/aromatic N) is 2. The molecule has 100 valence electrons.